The number of halogens is 5. The minimum Gasteiger partial charge on any atom is -0.392 e. The maximum Gasteiger partial charge on any atom is 0.421 e. The molecule has 0 aliphatic carbocycles. The summed E-state index contributed by atoms with van der Waals surface area (Å²) in [5.74, 6) is -1.16. The van der Waals surface area contributed by atoms with E-state index in [0.717, 1.165) is 17.4 Å². The Balaban J connectivity index is 2.68. The van der Waals surface area contributed by atoms with Gasteiger partial charge in [-0.25, -0.2) is 4.98 Å². The number of nitrogens with zero attached hydrogens (tertiary/aromatic N) is 2. The van der Waals surface area contributed by atoms with Crippen molar-refractivity contribution >= 4 is 46.4 Å². The third-order valence-corrected chi connectivity index (χ3v) is 7.01. The van der Waals surface area contributed by atoms with E-state index >= 15 is 0 Å². The van der Waals surface area contributed by atoms with Crippen LogP contribution in [0, 0.1) is 0 Å². The van der Waals surface area contributed by atoms with Crippen molar-refractivity contribution in [3.63, 3.8) is 0 Å². The van der Waals surface area contributed by atoms with Crippen LogP contribution < -0.4 is 5.32 Å². The van der Waals surface area contributed by atoms with Gasteiger partial charge in [-0.2, -0.15) is 13.2 Å². The summed E-state index contributed by atoms with van der Waals surface area (Å²) in [6.45, 7) is 6.17. The van der Waals surface area contributed by atoms with Gasteiger partial charge in [0.05, 0.1) is 21.0 Å². The van der Waals surface area contributed by atoms with Crippen molar-refractivity contribution in [2.45, 2.75) is 45.6 Å². The summed E-state index contributed by atoms with van der Waals surface area (Å²) in [5.41, 5.74) is -3.97. The van der Waals surface area contributed by atoms with Crippen LogP contribution in [-0.2, 0) is 5.60 Å². The lowest BCUT2D eigenvalue weighted by Gasteiger charge is -2.28. The van der Waals surface area contributed by atoms with Crippen LogP contribution in [-0.4, -0.2) is 63.8 Å². The Labute approximate surface area is 208 Å². The molecular formula is C21H24Cl2F3N3O4S. The van der Waals surface area contributed by atoms with E-state index in [1.54, 1.807) is 13.8 Å². The molecule has 0 saturated heterocycles. The average molecular weight is 542 g/mol. The van der Waals surface area contributed by atoms with Crippen LogP contribution in [0.15, 0.2) is 12.1 Å². The molecule has 2 amide bonds. The van der Waals surface area contributed by atoms with Gasteiger partial charge in [0.1, 0.15) is 5.69 Å². The zero-order valence-electron chi connectivity index (χ0n) is 18.8. The highest BCUT2D eigenvalue weighted by atomic mass is 35.5. The monoisotopic (exact) mass is 541 g/mol. The highest BCUT2D eigenvalue weighted by molar-refractivity contribution is 7.17. The average Bonchev–Trinajstić information content (AvgIpc) is 3.18. The number of hydrogen-bond acceptors (Lipinski definition) is 6. The largest absolute Gasteiger partial charge is 0.421 e. The lowest BCUT2D eigenvalue weighted by atomic mass is 9.94. The minimum absolute atomic E-state index is 0.0547. The second kappa shape index (κ2) is 10.8. The molecule has 0 saturated carbocycles. The molecule has 0 bridgehead atoms. The molecule has 2 aromatic rings. The molecular weight excluding hydrogens is 518 g/mol. The zero-order valence-corrected chi connectivity index (χ0v) is 21.1. The van der Waals surface area contributed by atoms with E-state index in [2.05, 4.69) is 10.3 Å². The van der Waals surface area contributed by atoms with Gasteiger partial charge in [-0.05, 0) is 27.7 Å². The van der Waals surface area contributed by atoms with E-state index in [-0.39, 0.29) is 32.7 Å². The quantitative estimate of drug-likeness (QED) is 0.457. The number of carbonyl (C=O) groups excluding carboxylic acids is 2. The number of aliphatic hydroxyl groups excluding tert-OH is 1. The molecule has 2 atom stereocenters. The van der Waals surface area contributed by atoms with Gasteiger partial charge in [0, 0.05) is 30.8 Å². The summed E-state index contributed by atoms with van der Waals surface area (Å²) in [6.07, 6.45) is -5.84. The number of aromatic nitrogens is 1. The number of aliphatic hydroxyl groups is 2. The molecule has 3 N–H and O–H groups in total. The van der Waals surface area contributed by atoms with Gasteiger partial charge in [0.15, 0.2) is 10.6 Å². The first-order valence-corrected chi connectivity index (χ1v) is 11.8. The van der Waals surface area contributed by atoms with Crippen LogP contribution in [0.5, 0.6) is 0 Å². The number of hydrogen-bond donors (Lipinski definition) is 3. The summed E-state index contributed by atoms with van der Waals surface area (Å²) < 4.78 is 40.0. The summed E-state index contributed by atoms with van der Waals surface area (Å²) in [4.78, 5) is 31.3. The molecule has 1 heterocycles. The molecule has 188 valence electrons. The number of nitrogens with one attached hydrogen (secondary N) is 1. The van der Waals surface area contributed by atoms with E-state index in [9.17, 15) is 33.0 Å². The third kappa shape index (κ3) is 5.65. The van der Waals surface area contributed by atoms with Gasteiger partial charge in [0.2, 0.25) is 0 Å². The molecule has 0 radical (unpaired) electrons. The first-order valence-electron chi connectivity index (χ1n) is 10.2. The fraction of sp³-hybridized carbons (Fsp3) is 0.476. The van der Waals surface area contributed by atoms with E-state index in [0.29, 0.717) is 20.0 Å². The Morgan fingerprint density at radius 1 is 1.21 bits per heavy atom. The summed E-state index contributed by atoms with van der Waals surface area (Å²) in [6, 6.07) is 2.16. The normalized spacial score (nSPS) is 14.4. The van der Waals surface area contributed by atoms with Crippen LogP contribution in [0.25, 0.3) is 10.4 Å². The Hall–Kier alpha value is -1.92. The fourth-order valence-electron chi connectivity index (χ4n) is 2.97. The van der Waals surface area contributed by atoms with Crippen molar-refractivity contribution in [1.82, 2.24) is 15.2 Å². The smallest absolute Gasteiger partial charge is 0.392 e. The van der Waals surface area contributed by atoms with E-state index < -0.39 is 40.3 Å². The lowest BCUT2D eigenvalue weighted by molar-refractivity contribution is -0.258. The molecule has 2 rings (SSSR count). The number of benzene rings is 1. The lowest BCUT2D eigenvalue weighted by Crippen LogP contribution is -2.39. The first kappa shape index (κ1) is 28.3. The van der Waals surface area contributed by atoms with Crippen LogP contribution in [0.4, 0.5) is 13.2 Å². The van der Waals surface area contributed by atoms with Crippen LogP contribution in [0.2, 0.25) is 10.0 Å². The molecule has 34 heavy (non-hydrogen) atoms. The number of rotatable bonds is 8. The van der Waals surface area contributed by atoms with Crippen molar-refractivity contribution in [2.24, 2.45) is 0 Å². The van der Waals surface area contributed by atoms with Gasteiger partial charge in [0.25, 0.3) is 11.8 Å². The predicted octanol–water partition coefficient (Wildman–Crippen LogP) is 4.48. The first-order chi connectivity index (χ1) is 15.7. The van der Waals surface area contributed by atoms with Gasteiger partial charge in [-0.3, -0.25) is 9.59 Å². The van der Waals surface area contributed by atoms with Crippen molar-refractivity contribution in [3.05, 3.63) is 38.4 Å². The molecule has 0 aliphatic heterocycles. The Morgan fingerprint density at radius 2 is 1.79 bits per heavy atom. The Morgan fingerprint density at radius 3 is 2.29 bits per heavy atom. The Kier molecular flexibility index (Phi) is 8.98. The van der Waals surface area contributed by atoms with E-state index in [1.165, 1.54) is 17.9 Å². The van der Waals surface area contributed by atoms with Gasteiger partial charge in [-0.1, -0.05) is 35.3 Å². The third-order valence-electron chi connectivity index (χ3n) is 5.04. The van der Waals surface area contributed by atoms with Gasteiger partial charge < -0.3 is 20.4 Å². The highest BCUT2D eigenvalue weighted by Crippen LogP contribution is 2.47. The molecule has 1 unspecified atom stereocenters. The molecule has 1 aromatic heterocycles. The zero-order chi connectivity index (χ0) is 26.0. The van der Waals surface area contributed by atoms with Crippen LogP contribution >= 0.6 is 34.5 Å². The number of carbonyl (C=O) groups is 2. The van der Waals surface area contributed by atoms with E-state index in [4.69, 9.17) is 23.2 Å². The Bertz CT molecular complexity index is 1070. The molecule has 0 fully saturated rings. The van der Waals surface area contributed by atoms with Crippen LogP contribution in [0.1, 0.15) is 53.5 Å². The molecule has 13 heteroatoms. The molecule has 0 aliphatic rings. The van der Waals surface area contributed by atoms with Crippen molar-refractivity contribution in [1.29, 1.82) is 0 Å². The SMILES string of the molecule is CCN(CC)C(=O)c1nc(C(=O)NC[C@@H](C)O)sc1-c1ccc(C(C)(O)C(F)(F)F)c(Cl)c1Cl. The fourth-order valence-corrected chi connectivity index (χ4v) is 4.64. The summed E-state index contributed by atoms with van der Waals surface area (Å²) in [5, 5.41) is 20.9. The topological polar surface area (TPSA) is 103 Å². The van der Waals surface area contributed by atoms with Crippen LogP contribution in [0.3, 0.4) is 0 Å². The second-order valence-electron chi connectivity index (χ2n) is 7.59. The number of thiazole rings is 1. The molecule has 0 spiro atoms. The number of alkyl halides is 3. The number of amides is 2. The molecule has 1 aromatic carbocycles. The standard InChI is InChI=1S/C21H24Cl2F3N3O4S/c1-5-29(6-2)19(32)15-16(34-18(28-15)17(31)27-9-10(3)30)11-7-8-12(14(23)13(11)22)20(4,33)21(24,25)26/h7-8,10,30,33H,5-6,9H2,1-4H3,(H,27,31)/t10-,20?/m1/s1. The summed E-state index contributed by atoms with van der Waals surface area (Å²) in [7, 11) is 0. The summed E-state index contributed by atoms with van der Waals surface area (Å²) >= 11 is 13.2. The van der Waals surface area contributed by atoms with Crippen molar-refractivity contribution in [2.75, 3.05) is 19.6 Å². The maximum atomic E-state index is 13.3. The maximum absolute atomic E-state index is 13.3. The highest BCUT2D eigenvalue weighted by Gasteiger charge is 2.52. The predicted molar refractivity (Wildman–Crippen MR) is 124 cm³/mol. The molecule has 7 nitrogen and oxygen atoms in total. The van der Waals surface area contributed by atoms with Crippen molar-refractivity contribution < 1.29 is 33.0 Å². The van der Waals surface area contributed by atoms with E-state index in [1.807, 2.05) is 0 Å². The van der Waals surface area contributed by atoms with Gasteiger partial charge >= 0.3 is 6.18 Å². The minimum atomic E-state index is -5.02. The second-order valence-corrected chi connectivity index (χ2v) is 9.35. The van der Waals surface area contributed by atoms with Crippen molar-refractivity contribution in [3.8, 4) is 10.4 Å². The van der Waals surface area contributed by atoms with Gasteiger partial charge in [-0.15, -0.1) is 11.3 Å².